The Morgan fingerprint density at radius 2 is 1.78 bits per heavy atom. The van der Waals surface area contributed by atoms with Crippen LogP contribution in [-0.4, -0.2) is 18.1 Å². The van der Waals surface area contributed by atoms with E-state index in [2.05, 4.69) is 29.5 Å². The molecule has 0 radical (unpaired) electrons. The molecule has 1 aromatic rings. The molecule has 4 bridgehead atoms. The molecule has 0 aliphatic heterocycles. The van der Waals surface area contributed by atoms with Gasteiger partial charge < -0.3 is 5.32 Å². The molecule has 5 rings (SSSR count). The van der Waals surface area contributed by atoms with Crippen LogP contribution in [-0.2, 0) is 5.41 Å². The van der Waals surface area contributed by atoms with Gasteiger partial charge in [0.25, 0.3) is 0 Å². The lowest BCUT2D eigenvalue weighted by Gasteiger charge is -2.60. The second-order valence-corrected chi connectivity index (χ2v) is 6.80. The zero-order valence-corrected chi connectivity index (χ0v) is 11.1. The van der Waals surface area contributed by atoms with Crippen LogP contribution < -0.4 is 5.32 Å². The monoisotopic (exact) mass is 242 g/mol. The Bertz CT molecular complexity index is 426. The molecule has 1 heterocycles. The zero-order chi connectivity index (χ0) is 12.2. The third-order valence-corrected chi connectivity index (χ3v) is 5.90. The fourth-order valence-corrected chi connectivity index (χ4v) is 5.55. The van der Waals surface area contributed by atoms with Crippen LogP contribution in [0.4, 0.5) is 0 Å². The Balaban J connectivity index is 1.73. The van der Waals surface area contributed by atoms with Gasteiger partial charge in [-0.05, 0) is 80.0 Å². The maximum Gasteiger partial charge on any atom is 0.0270 e. The van der Waals surface area contributed by atoms with Crippen LogP contribution in [0.5, 0.6) is 0 Å². The summed E-state index contributed by atoms with van der Waals surface area (Å²) in [5.74, 6) is 2.81. The van der Waals surface area contributed by atoms with E-state index >= 15 is 0 Å². The van der Waals surface area contributed by atoms with Crippen molar-refractivity contribution in [3.63, 3.8) is 0 Å². The molecule has 1 aromatic heterocycles. The number of nitrogens with one attached hydrogen (secondary N) is 1. The summed E-state index contributed by atoms with van der Waals surface area (Å²) in [5, 5.41) is 3.60. The Morgan fingerprint density at radius 1 is 1.11 bits per heavy atom. The Kier molecular flexibility index (Phi) is 2.32. The van der Waals surface area contributed by atoms with Gasteiger partial charge >= 0.3 is 0 Å². The second kappa shape index (κ2) is 3.80. The highest BCUT2D eigenvalue weighted by Gasteiger charge is 2.55. The average molecular weight is 242 g/mol. The number of hydrogen-bond donors (Lipinski definition) is 1. The third-order valence-electron chi connectivity index (χ3n) is 5.90. The lowest BCUT2D eigenvalue weighted by Crippen LogP contribution is -2.59. The summed E-state index contributed by atoms with van der Waals surface area (Å²) < 4.78 is 0. The van der Waals surface area contributed by atoms with Crippen LogP contribution in [0.15, 0.2) is 24.5 Å². The zero-order valence-electron chi connectivity index (χ0n) is 11.1. The van der Waals surface area contributed by atoms with Gasteiger partial charge in [0.15, 0.2) is 0 Å². The molecule has 4 fully saturated rings. The number of pyridine rings is 1. The van der Waals surface area contributed by atoms with Crippen LogP contribution >= 0.6 is 0 Å². The van der Waals surface area contributed by atoms with E-state index in [1.807, 2.05) is 12.4 Å². The van der Waals surface area contributed by atoms with E-state index in [-0.39, 0.29) is 0 Å². The van der Waals surface area contributed by atoms with Gasteiger partial charge in [0.05, 0.1) is 0 Å². The molecule has 1 N–H and O–H groups in total. The highest BCUT2D eigenvalue weighted by atomic mass is 14.9. The largest absolute Gasteiger partial charge is 0.316 e. The van der Waals surface area contributed by atoms with E-state index in [1.165, 1.54) is 32.1 Å². The summed E-state index contributed by atoms with van der Waals surface area (Å²) in [4.78, 5) is 4.19. The molecular weight excluding hydrogens is 220 g/mol. The molecule has 4 saturated carbocycles. The molecule has 0 aromatic carbocycles. The van der Waals surface area contributed by atoms with E-state index in [0.29, 0.717) is 5.41 Å². The quantitative estimate of drug-likeness (QED) is 0.862. The van der Waals surface area contributed by atoms with Gasteiger partial charge in [-0.1, -0.05) is 0 Å². The Morgan fingerprint density at radius 3 is 2.39 bits per heavy atom. The van der Waals surface area contributed by atoms with Crippen molar-refractivity contribution in [1.29, 1.82) is 0 Å². The van der Waals surface area contributed by atoms with Gasteiger partial charge in [0, 0.05) is 18.4 Å². The smallest absolute Gasteiger partial charge is 0.0270 e. The molecule has 2 atom stereocenters. The molecule has 2 nitrogen and oxygen atoms in total. The average Bonchev–Trinajstić information content (AvgIpc) is 2.39. The molecule has 96 valence electrons. The number of aromatic nitrogens is 1. The van der Waals surface area contributed by atoms with Crippen molar-refractivity contribution in [2.24, 2.45) is 17.8 Å². The topological polar surface area (TPSA) is 24.9 Å². The first kappa shape index (κ1) is 11.0. The first-order valence-electron chi connectivity index (χ1n) is 7.38. The van der Waals surface area contributed by atoms with Gasteiger partial charge in [-0.2, -0.15) is 0 Å². The van der Waals surface area contributed by atoms with Crippen molar-refractivity contribution < 1.29 is 0 Å². The number of hydrogen-bond acceptors (Lipinski definition) is 2. The molecule has 0 saturated heterocycles. The molecule has 2 heteroatoms. The maximum atomic E-state index is 4.19. The van der Waals surface area contributed by atoms with Crippen molar-refractivity contribution in [2.75, 3.05) is 7.05 Å². The molecule has 4 aliphatic carbocycles. The third kappa shape index (κ3) is 1.41. The van der Waals surface area contributed by atoms with Crippen molar-refractivity contribution in [1.82, 2.24) is 10.3 Å². The van der Waals surface area contributed by atoms with E-state index in [0.717, 1.165) is 23.8 Å². The van der Waals surface area contributed by atoms with Crippen LogP contribution in [0.3, 0.4) is 0 Å². The predicted octanol–water partition coefficient (Wildman–Crippen LogP) is 2.75. The Hall–Kier alpha value is -0.890. The van der Waals surface area contributed by atoms with Gasteiger partial charge in [-0.3, -0.25) is 4.98 Å². The van der Waals surface area contributed by atoms with Crippen molar-refractivity contribution >= 4 is 0 Å². The van der Waals surface area contributed by atoms with Gasteiger partial charge in [0.2, 0.25) is 0 Å². The molecule has 0 spiro atoms. The first-order chi connectivity index (χ1) is 8.81. The minimum Gasteiger partial charge on any atom is -0.316 e. The number of rotatable bonds is 2. The molecule has 18 heavy (non-hydrogen) atoms. The summed E-state index contributed by atoms with van der Waals surface area (Å²) in [6.45, 7) is 0. The molecule has 2 unspecified atom stereocenters. The van der Waals surface area contributed by atoms with Crippen LogP contribution in [0, 0.1) is 17.8 Å². The first-order valence-corrected chi connectivity index (χ1v) is 7.38. The van der Waals surface area contributed by atoms with Gasteiger partial charge in [-0.25, -0.2) is 0 Å². The normalized spacial score (nSPS) is 45.4. The highest BCUT2D eigenvalue weighted by molar-refractivity contribution is 5.28. The van der Waals surface area contributed by atoms with Crippen molar-refractivity contribution in [3.8, 4) is 0 Å². The summed E-state index contributed by atoms with van der Waals surface area (Å²) in [6, 6.07) is 5.32. The lowest BCUT2D eigenvalue weighted by atomic mass is 9.46. The van der Waals surface area contributed by atoms with Gasteiger partial charge in [-0.15, -0.1) is 0 Å². The summed E-state index contributed by atoms with van der Waals surface area (Å²) in [5.41, 5.74) is 2.05. The van der Waals surface area contributed by atoms with Crippen molar-refractivity contribution in [3.05, 3.63) is 30.1 Å². The standard InChI is InChI=1S/C16H22N2/c1-17-15-12-6-11-7-13(15)10-16(8-11,9-12)14-2-4-18-5-3-14/h2-5,11-13,15,17H,6-10H2,1H3. The molecule has 4 aliphatic rings. The van der Waals surface area contributed by atoms with E-state index in [4.69, 9.17) is 0 Å². The molecule has 0 amide bonds. The SMILES string of the molecule is CNC1C2CC3CC1CC(c1ccncc1)(C3)C2. The second-order valence-electron chi connectivity index (χ2n) is 6.80. The highest BCUT2D eigenvalue weighted by Crippen LogP contribution is 2.60. The van der Waals surface area contributed by atoms with E-state index < -0.39 is 0 Å². The summed E-state index contributed by atoms with van der Waals surface area (Å²) in [6.07, 6.45) is 11.1. The van der Waals surface area contributed by atoms with E-state index in [9.17, 15) is 0 Å². The summed E-state index contributed by atoms with van der Waals surface area (Å²) in [7, 11) is 2.16. The van der Waals surface area contributed by atoms with Gasteiger partial charge in [0.1, 0.15) is 0 Å². The Labute approximate surface area is 109 Å². The number of nitrogens with zero attached hydrogens (tertiary/aromatic N) is 1. The minimum absolute atomic E-state index is 0.493. The fourth-order valence-electron chi connectivity index (χ4n) is 5.55. The minimum atomic E-state index is 0.493. The predicted molar refractivity (Wildman–Crippen MR) is 72.3 cm³/mol. The van der Waals surface area contributed by atoms with Crippen LogP contribution in [0.1, 0.15) is 37.7 Å². The maximum absolute atomic E-state index is 4.19. The lowest BCUT2D eigenvalue weighted by molar-refractivity contribution is -0.0326. The molecular formula is C16H22N2. The fraction of sp³-hybridized carbons (Fsp3) is 0.688. The summed E-state index contributed by atoms with van der Waals surface area (Å²) >= 11 is 0. The van der Waals surface area contributed by atoms with Crippen LogP contribution in [0.25, 0.3) is 0 Å². The van der Waals surface area contributed by atoms with Crippen molar-refractivity contribution in [2.45, 2.75) is 43.6 Å². The van der Waals surface area contributed by atoms with Crippen LogP contribution in [0.2, 0.25) is 0 Å². The van der Waals surface area contributed by atoms with E-state index in [1.54, 1.807) is 5.56 Å².